The molecule has 10 heteroatoms. The van der Waals surface area contributed by atoms with Gasteiger partial charge in [-0.3, -0.25) is 9.88 Å². The molecule has 4 heterocycles. The number of nitrogens with one attached hydrogen (secondary N) is 1. The Kier molecular flexibility index (Phi) is 6.62. The molecule has 8 nitrogen and oxygen atoms in total. The van der Waals surface area contributed by atoms with Crippen molar-refractivity contribution >= 4 is 39.0 Å². The Bertz CT molecular complexity index is 1450. The Morgan fingerprint density at radius 1 is 1.22 bits per heavy atom. The minimum Gasteiger partial charge on any atom is -0.455 e. The van der Waals surface area contributed by atoms with Gasteiger partial charge in [0, 0.05) is 46.0 Å². The molecule has 1 aliphatic heterocycles. The lowest BCUT2D eigenvalue weighted by Crippen LogP contribution is -2.32. The number of pyridine rings is 1. The second-order valence-electron chi connectivity index (χ2n) is 8.68. The van der Waals surface area contributed by atoms with Gasteiger partial charge in [-0.1, -0.05) is 6.58 Å². The van der Waals surface area contributed by atoms with Crippen LogP contribution in [0.2, 0.25) is 0 Å². The lowest BCUT2D eigenvalue weighted by molar-refractivity contribution is -0.178. The Balaban J connectivity index is 1.35. The van der Waals surface area contributed by atoms with Crippen LogP contribution in [-0.2, 0) is 22.7 Å². The summed E-state index contributed by atoms with van der Waals surface area (Å²) >= 11 is 1.60. The Hall–Kier alpha value is -3.89. The molecule has 0 atom stereocenters. The number of benzene rings is 1. The molecule has 1 N–H and O–H groups in total. The molecule has 0 radical (unpaired) electrons. The van der Waals surface area contributed by atoms with E-state index in [1.54, 1.807) is 23.9 Å². The smallest absolute Gasteiger partial charge is 0.376 e. The highest BCUT2D eigenvalue weighted by molar-refractivity contribution is 7.19. The summed E-state index contributed by atoms with van der Waals surface area (Å²) < 4.78 is 18.2. The van der Waals surface area contributed by atoms with Gasteiger partial charge in [0.15, 0.2) is 0 Å². The van der Waals surface area contributed by atoms with Crippen LogP contribution >= 0.6 is 11.3 Å². The third kappa shape index (κ3) is 4.91. The van der Waals surface area contributed by atoms with Crippen LogP contribution in [0.5, 0.6) is 11.5 Å². The zero-order valence-electron chi connectivity index (χ0n) is 19.9. The summed E-state index contributed by atoms with van der Waals surface area (Å²) in [7, 11) is 0. The lowest BCUT2D eigenvalue weighted by atomic mass is 10.0. The average Bonchev–Trinajstić information content (AvgIpc) is 3.25. The first-order valence-corrected chi connectivity index (χ1v) is 12.2. The topological polar surface area (TPSA) is 89.5 Å². The van der Waals surface area contributed by atoms with Crippen LogP contribution in [0.1, 0.15) is 21.7 Å². The van der Waals surface area contributed by atoms with E-state index in [0.29, 0.717) is 18.8 Å². The van der Waals surface area contributed by atoms with Gasteiger partial charge in [-0.15, -0.1) is 11.3 Å². The maximum Gasteiger partial charge on any atom is 0.376 e. The number of carbonyl (C=O) groups is 1. The number of halogens is 1. The van der Waals surface area contributed by atoms with Crippen molar-refractivity contribution in [1.82, 2.24) is 19.9 Å². The van der Waals surface area contributed by atoms with Crippen molar-refractivity contribution in [3.05, 3.63) is 76.7 Å². The number of ether oxygens (including phenoxy) is 1. The second kappa shape index (κ2) is 10.00. The highest BCUT2D eigenvalue weighted by Gasteiger charge is 2.25. The fourth-order valence-electron chi connectivity index (χ4n) is 4.22. The fraction of sp³-hybridized carbons (Fsp3) is 0.231. The number of anilines is 2. The molecule has 0 bridgehead atoms. The molecule has 5 rings (SSSR count). The number of hydrogen-bond donors (Lipinski definition) is 1. The second-order valence-corrected chi connectivity index (χ2v) is 9.76. The molecule has 0 fully saturated rings. The molecule has 0 unspecified atom stereocenters. The van der Waals surface area contributed by atoms with E-state index >= 15 is 0 Å². The molecule has 0 saturated heterocycles. The number of carbonyl (C=O) groups excluding carboxylic acids is 1. The third-order valence-corrected chi connectivity index (χ3v) is 7.16. The van der Waals surface area contributed by atoms with Crippen molar-refractivity contribution in [1.29, 1.82) is 0 Å². The SMILES string of the molecule is C=C(CN1CCc2c(sc3ncnc(Nc4ccc(Oc5ccc(C)nc5)c(C)c4)c23)C1)C(=O)OF. The molecule has 1 aromatic carbocycles. The normalized spacial score (nSPS) is 13.3. The summed E-state index contributed by atoms with van der Waals surface area (Å²) in [5.74, 6) is 1.15. The summed E-state index contributed by atoms with van der Waals surface area (Å²) in [5, 5.41) is 4.45. The molecule has 184 valence electrons. The highest BCUT2D eigenvalue weighted by Crippen LogP contribution is 2.38. The molecule has 0 amide bonds. The zero-order chi connectivity index (χ0) is 25.2. The van der Waals surface area contributed by atoms with Gasteiger partial charge in [0.25, 0.3) is 0 Å². The van der Waals surface area contributed by atoms with Gasteiger partial charge < -0.3 is 10.1 Å². The summed E-state index contributed by atoms with van der Waals surface area (Å²) in [4.78, 5) is 32.0. The quantitative estimate of drug-likeness (QED) is 0.326. The summed E-state index contributed by atoms with van der Waals surface area (Å²) in [6.45, 7) is 9.12. The summed E-state index contributed by atoms with van der Waals surface area (Å²) in [6, 6.07) is 9.70. The summed E-state index contributed by atoms with van der Waals surface area (Å²) in [6.07, 6.45) is 4.02. The summed E-state index contributed by atoms with van der Waals surface area (Å²) in [5.41, 5.74) is 4.08. The van der Waals surface area contributed by atoms with E-state index in [-0.39, 0.29) is 12.1 Å². The lowest BCUT2D eigenvalue weighted by Gasteiger charge is -2.26. The van der Waals surface area contributed by atoms with Crippen molar-refractivity contribution in [3.63, 3.8) is 0 Å². The van der Waals surface area contributed by atoms with E-state index in [9.17, 15) is 9.32 Å². The van der Waals surface area contributed by atoms with E-state index in [1.165, 1.54) is 5.56 Å². The van der Waals surface area contributed by atoms with Crippen LogP contribution in [0.4, 0.5) is 16.0 Å². The van der Waals surface area contributed by atoms with Crippen molar-refractivity contribution in [2.75, 3.05) is 18.4 Å². The number of fused-ring (bicyclic) bond motifs is 3. The minimum atomic E-state index is -1.03. The van der Waals surface area contributed by atoms with E-state index in [4.69, 9.17) is 4.74 Å². The van der Waals surface area contributed by atoms with Gasteiger partial charge in [0.2, 0.25) is 0 Å². The van der Waals surface area contributed by atoms with E-state index in [2.05, 4.69) is 31.8 Å². The van der Waals surface area contributed by atoms with Gasteiger partial charge >= 0.3 is 5.97 Å². The molecule has 0 saturated carbocycles. The first-order valence-electron chi connectivity index (χ1n) is 11.4. The van der Waals surface area contributed by atoms with Gasteiger partial charge in [-0.05, 0) is 61.7 Å². The van der Waals surface area contributed by atoms with E-state index in [0.717, 1.165) is 50.0 Å². The van der Waals surface area contributed by atoms with Gasteiger partial charge in [-0.25, -0.2) is 19.7 Å². The van der Waals surface area contributed by atoms with E-state index < -0.39 is 5.97 Å². The fourth-order valence-corrected chi connectivity index (χ4v) is 5.45. The predicted molar refractivity (Wildman–Crippen MR) is 136 cm³/mol. The van der Waals surface area contributed by atoms with Gasteiger partial charge in [-0.2, -0.15) is 0 Å². The molecular formula is C26H24FN5O3S. The van der Waals surface area contributed by atoms with Crippen LogP contribution in [0.25, 0.3) is 10.2 Å². The first kappa shape index (κ1) is 23.8. The molecule has 0 aliphatic carbocycles. The van der Waals surface area contributed by atoms with Crippen LogP contribution in [0.15, 0.2) is 55.0 Å². The molecule has 36 heavy (non-hydrogen) atoms. The number of nitrogens with zero attached hydrogens (tertiary/aromatic N) is 4. The predicted octanol–water partition coefficient (Wildman–Crippen LogP) is 5.58. The molecular weight excluding hydrogens is 481 g/mol. The molecule has 4 aromatic rings. The largest absolute Gasteiger partial charge is 0.455 e. The van der Waals surface area contributed by atoms with Crippen LogP contribution in [0, 0.1) is 13.8 Å². The van der Waals surface area contributed by atoms with Crippen LogP contribution in [0.3, 0.4) is 0 Å². The first-order chi connectivity index (χ1) is 17.4. The van der Waals surface area contributed by atoms with Gasteiger partial charge in [0.05, 0.1) is 11.6 Å². The standard InChI is InChI=1S/C26H24FN5O3S/c1-15-10-18(5-7-21(15)34-19-6-4-17(3)28-11-19)31-24-23-20-8-9-32(12-16(2)26(33)35-27)13-22(20)36-25(23)30-14-29-24/h4-7,10-11,14H,2,8-9,12-13H2,1,3H3,(H,29,30,31). The monoisotopic (exact) mass is 505 g/mol. The third-order valence-electron chi connectivity index (χ3n) is 6.04. The number of rotatable bonds is 7. The van der Waals surface area contributed by atoms with Crippen molar-refractivity contribution < 1.29 is 19.0 Å². The molecule has 1 aliphatic rings. The van der Waals surface area contributed by atoms with Crippen LogP contribution in [-0.4, -0.2) is 38.9 Å². The highest BCUT2D eigenvalue weighted by atomic mass is 32.1. The van der Waals surface area contributed by atoms with Crippen LogP contribution < -0.4 is 10.1 Å². The van der Waals surface area contributed by atoms with Crippen molar-refractivity contribution in [2.45, 2.75) is 26.8 Å². The number of hydrogen-bond acceptors (Lipinski definition) is 9. The van der Waals surface area contributed by atoms with Crippen molar-refractivity contribution in [2.24, 2.45) is 0 Å². The molecule has 0 spiro atoms. The molecule has 3 aromatic heterocycles. The minimum absolute atomic E-state index is 0.0886. The number of thiophene rings is 1. The Labute approximate surface area is 211 Å². The maximum atomic E-state index is 12.2. The number of aromatic nitrogens is 3. The average molecular weight is 506 g/mol. The zero-order valence-corrected chi connectivity index (χ0v) is 20.7. The Morgan fingerprint density at radius 3 is 2.83 bits per heavy atom. The van der Waals surface area contributed by atoms with Gasteiger partial charge in [0.1, 0.15) is 28.5 Å². The Morgan fingerprint density at radius 2 is 2.08 bits per heavy atom. The van der Waals surface area contributed by atoms with E-state index in [1.807, 2.05) is 49.1 Å². The maximum absolute atomic E-state index is 12.2. The van der Waals surface area contributed by atoms with Crippen molar-refractivity contribution in [3.8, 4) is 11.5 Å². The number of aryl methyl sites for hydroxylation is 2.